The molecule has 1 aliphatic rings. The van der Waals surface area contributed by atoms with Crippen molar-refractivity contribution in [2.45, 2.75) is 19.8 Å². The van der Waals surface area contributed by atoms with E-state index in [1.54, 1.807) is 17.0 Å². The third-order valence-corrected chi connectivity index (χ3v) is 4.71. The quantitative estimate of drug-likeness (QED) is 0.866. The molecule has 0 unspecified atom stereocenters. The first-order valence-corrected chi connectivity index (χ1v) is 8.57. The first-order chi connectivity index (χ1) is 11.2. The molecule has 2 aromatic rings. The number of carbonyl (C=O) groups excluding carboxylic acids is 1. The lowest BCUT2D eigenvalue weighted by Crippen LogP contribution is -2.35. The zero-order chi connectivity index (χ0) is 16.2. The Balaban J connectivity index is 1.67. The van der Waals surface area contributed by atoms with Gasteiger partial charge < -0.3 is 9.80 Å². The summed E-state index contributed by atoms with van der Waals surface area (Å²) in [6, 6.07) is 5.87. The van der Waals surface area contributed by atoms with Gasteiger partial charge in [-0.3, -0.25) is 4.79 Å². The largest absolute Gasteiger partial charge is 0.345 e. The average Bonchev–Trinajstić information content (AvgIpc) is 2.91. The highest BCUT2D eigenvalue weighted by Crippen LogP contribution is 2.20. The third-order valence-electron chi connectivity index (χ3n) is 3.90. The summed E-state index contributed by atoms with van der Waals surface area (Å²) in [6.07, 6.45) is 1.69. The number of aryl methyl sites for hydroxylation is 1. The number of amides is 1. The first kappa shape index (κ1) is 15.9. The van der Waals surface area contributed by atoms with Crippen LogP contribution < -0.4 is 4.90 Å². The Morgan fingerprint density at radius 1 is 1.30 bits per heavy atom. The highest BCUT2D eigenvalue weighted by molar-refractivity contribution is 7.09. The second-order valence-electron chi connectivity index (χ2n) is 5.49. The van der Waals surface area contributed by atoms with Crippen LogP contribution in [0.3, 0.4) is 0 Å². The number of hydrogen-bond donors (Lipinski definition) is 0. The molecule has 1 fully saturated rings. The molecule has 1 amide bonds. The molecule has 23 heavy (non-hydrogen) atoms. The van der Waals surface area contributed by atoms with Crippen LogP contribution in [-0.2, 0) is 6.42 Å². The number of halogens is 1. The molecular weight excluding hydrogens is 315 g/mol. The van der Waals surface area contributed by atoms with Crippen LogP contribution in [0, 0.1) is 5.82 Å². The molecule has 122 valence electrons. The number of anilines is 1. The van der Waals surface area contributed by atoms with Gasteiger partial charge in [0.15, 0.2) is 0 Å². The van der Waals surface area contributed by atoms with Crippen molar-refractivity contribution in [2.75, 3.05) is 31.1 Å². The van der Waals surface area contributed by atoms with Gasteiger partial charge in [-0.05, 0) is 24.6 Å². The smallest absolute Gasteiger partial charge is 0.254 e. The highest BCUT2D eigenvalue weighted by Gasteiger charge is 2.22. The van der Waals surface area contributed by atoms with Gasteiger partial charge in [0.1, 0.15) is 11.6 Å². The van der Waals surface area contributed by atoms with E-state index in [0.717, 1.165) is 36.9 Å². The fourth-order valence-electron chi connectivity index (χ4n) is 2.63. The van der Waals surface area contributed by atoms with Gasteiger partial charge in [-0.2, -0.15) is 4.37 Å². The van der Waals surface area contributed by atoms with Crippen molar-refractivity contribution in [1.82, 2.24) is 14.3 Å². The van der Waals surface area contributed by atoms with Crippen LogP contribution in [0.5, 0.6) is 0 Å². The Kier molecular flexibility index (Phi) is 4.85. The number of aromatic nitrogens is 2. The molecule has 1 aromatic heterocycles. The van der Waals surface area contributed by atoms with E-state index >= 15 is 0 Å². The lowest BCUT2D eigenvalue weighted by Gasteiger charge is -2.21. The monoisotopic (exact) mass is 334 g/mol. The zero-order valence-electron chi connectivity index (χ0n) is 13.0. The molecule has 0 spiro atoms. The van der Waals surface area contributed by atoms with Gasteiger partial charge in [-0.1, -0.05) is 13.0 Å². The summed E-state index contributed by atoms with van der Waals surface area (Å²) < 4.78 is 17.6. The summed E-state index contributed by atoms with van der Waals surface area (Å²) in [7, 11) is 0. The lowest BCUT2D eigenvalue weighted by molar-refractivity contribution is 0.0766. The minimum atomic E-state index is -0.381. The Morgan fingerprint density at radius 2 is 2.17 bits per heavy atom. The highest BCUT2D eigenvalue weighted by atomic mass is 32.1. The molecule has 0 aliphatic carbocycles. The van der Waals surface area contributed by atoms with E-state index in [1.807, 2.05) is 6.92 Å². The van der Waals surface area contributed by atoms with Crippen LogP contribution in [0.2, 0.25) is 0 Å². The lowest BCUT2D eigenvalue weighted by atomic mass is 10.2. The van der Waals surface area contributed by atoms with Crippen molar-refractivity contribution in [3.63, 3.8) is 0 Å². The summed E-state index contributed by atoms with van der Waals surface area (Å²) >= 11 is 1.41. The standard InChI is InChI=1S/C16H19FN4OS/c1-2-14-18-16(23-19-14)21-8-4-7-20(9-10-21)15(22)12-5-3-6-13(17)11-12/h3,5-6,11H,2,4,7-10H2,1H3. The van der Waals surface area contributed by atoms with Gasteiger partial charge in [-0.25, -0.2) is 9.37 Å². The van der Waals surface area contributed by atoms with E-state index in [0.29, 0.717) is 18.7 Å². The van der Waals surface area contributed by atoms with Crippen LogP contribution >= 0.6 is 11.5 Å². The van der Waals surface area contributed by atoms with Gasteiger partial charge in [0.25, 0.3) is 5.91 Å². The summed E-state index contributed by atoms with van der Waals surface area (Å²) in [6.45, 7) is 4.89. The van der Waals surface area contributed by atoms with E-state index in [4.69, 9.17) is 0 Å². The van der Waals surface area contributed by atoms with Crippen LogP contribution in [0.4, 0.5) is 9.52 Å². The van der Waals surface area contributed by atoms with Crippen molar-refractivity contribution < 1.29 is 9.18 Å². The summed E-state index contributed by atoms with van der Waals surface area (Å²) in [4.78, 5) is 21.0. The molecule has 5 nitrogen and oxygen atoms in total. The normalized spacial score (nSPS) is 15.6. The Labute approximate surface area is 138 Å². The molecular formula is C16H19FN4OS. The minimum absolute atomic E-state index is 0.113. The van der Waals surface area contributed by atoms with Gasteiger partial charge in [-0.15, -0.1) is 0 Å². The molecule has 0 radical (unpaired) electrons. The predicted octanol–water partition coefficient (Wildman–Crippen LogP) is 2.59. The number of hydrogen-bond acceptors (Lipinski definition) is 5. The maximum Gasteiger partial charge on any atom is 0.254 e. The van der Waals surface area contributed by atoms with Crippen molar-refractivity contribution in [1.29, 1.82) is 0 Å². The molecule has 0 N–H and O–H groups in total. The summed E-state index contributed by atoms with van der Waals surface area (Å²) in [5.41, 5.74) is 0.405. The van der Waals surface area contributed by atoms with Crippen molar-refractivity contribution in [3.8, 4) is 0 Å². The molecule has 0 bridgehead atoms. The van der Waals surface area contributed by atoms with E-state index in [9.17, 15) is 9.18 Å². The SMILES string of the molecule is CCc1nsc(N2CCCN(C(=O)c3cccc(F)c3)CC2)n1. The average molecular weight is 334 g/mol. The molecule has 1 saturated heterocycles. The van der Waals surface area contributed by atoms with Gasteiger partial charge in [0.2, 0.25) is 5.13 Å². The second-order valence-corrected chi connectivity index (χ2v) is 6.22. The molecule has 0 atom stereocenters. The summed E-state index contributed by atoms with van der Waals surface area (Å²) in [5, 5.41) is 0.918. The summed E-state index contributed by atoms with van der Waals surface area (Å²) in [5.74, 6) is 0.369. The number of carbonyl (C=O) groups is 1. The molecule has 2 heterocycles. The fraction of sp³-hybridized carbons (Fsp3) is 0.438. The zero-order valence-corrected chi connectivity index (χ0v) is 13.9. The third kappa shape index (κ3) is 3.67. The molecule has 7 heteroatoms. The van der Waals surface area contributed by atoms with Gasteiger partial charge >= 0.3 is 0 Å². The number of benzene rings is 1. The Bertz CT molecular complexity index is 690. The second kappa shape index (κ2) is 7.04. The Hall–Kier alpha value is -2.02. The maximum atomic E-state index is 13.3. The van der Waals surface area contributed by atoms with Crippen LogP contribution in [-0.4, -0.2) is 46.3 Å². The molecule has 1 aliphatic heterocycles. The van der Waals surface area contributed by atoms with Crippen LogP contribution in [0.25, 0.3) is 0 Å². The first-order valence-electron chi connectivity index (χ1n) is 7.79. The number of nitrogens with zero attached hydrogens (tertiary/aromatic N) is 4. The van der Waals surface area contributed by atoms with Gasteiger partial charge in [0.05, 0.1) is 0 Å². The fourth-order valence-corrected chi connectivity index (χ4v) is 3.43. The van der Waals surface area contributed by atoms with Crippen molar-refractivity contribution in [3.05, 3.63) is 41.5 Å². The topological polar surface area (TPSA) is 49.3 Å². The van der Waals surface area contributed by atoms with E-state index in [-0.39, 0.29) is 11.7 Å². The molecule has 1 aromatic carbocycles. The van der Waals surface area contributed by atoms with Crippen molar-refractivity contribution in [2.24, 2.45) is 0 Å². The van der Waals surface area contributed by atoms with Crippen LogP contribution in [0.1, 0.15) is 29.5 Å². The predicted molar refractivity (Wildman–Crippen MR) is 88.4 cm³/mol. The van der Waals surface area contributed by atoms with Crippen molar-refractivity contribution >= 4 is 22.6 Å². The molecule has 0 saturated carbocycles. The van der Waals surface area contributed by atoms with Gasteiger partial charge in [0, 0.05) is 49.7 Å². The van der Waals surface area contributed by atoms with Crippen LogP contribution in [0.15, 0.2) is 24.3 Å². The maximum absolute atomic E-state index is 13.3. The Morgan fingerprint density at radius 3 is 2.91 bits per heavy atom. The van der Waals surface area contributed by atoms with E-state index < -0.39 is 0 Å². The minimum Gasteiger partial charge on any atom is -0.345 e. The number of rotatable bonds is 3. The van der Waals surface area contributed by atoms with E-state index in [2.05, 4.69) is 14.3 Å². The molecule has 3 rings (SSSR count). The van der Waals surface area contributed by atoms with E-state index in [1.165, 1.54) is 23.7 Å².